The van der Waals surface area contributed by atoms with E-state index in [9.17, 15) is 14.0 Å². The third-order valence-corrected chi connectivity index (χ3v) is 4.13. The number of hydrogen-bond donors (Lipinski definition) is 3. The Kier molecular flexibility index (Phi) is 5.04. The Morgan fingerprint density at radius 2 is 2.20 bits per heavy atom. The highest BCUT2D eigenvalue weighted by molar-refractivity contribution is 5.99. The van der Waals surface area contributed by atoms with E-state index in [1.165, 1.54) is 6.07 Å². The topological polar surface area (TPSA) is 97.1 Å². The van der Waals surface area contributed by atoms with Crippen molar-refractivity contribution in [2.45, 2.75) is 31.3 Å². The Hall–Kier alpha value is -2.80. The zero-order valence-electron chi connectivity index (χ0n) is 13.5. The molecule has 3 rings (SSSR count). The number of halogens is 1. The standard InChI is InChI=1S/C18H19FN4O2/c19-14-4-2-1-3-11(14)7-13(20)9-17(24)22-15-8-12-5-6-21-10-16(12)23-18(15)25/h1-6,10,13,15H,7-9,20H2,(H,22,24)(H,23,25). The van der Waals surface area contributed by atoms with Gasteiger partial charge in [-0.2, -0.15) is 0 Å². The Morgan fingerprint density at radius 1 is 1.40 bits per heavy atom. The average molecular weight is 342 g/mol. The van der Waals surface area contributed by atoms with E-state index in [1.807, 2.05) is 0 Å². The number of aromatic nitrogens is 1. The van der Waals surface area contributed by atoms with E-state index in [1.54, 1.807) is 36.7 Å². The summed E-state index contributed by atoms with van der Waals surface area (Å²) in [7, 11) is 0. The molecule has 25 heavy (non-hydrogen) atoms. The molecule has 0 saturated carbocycles. The molecule has 1 aromatic heterocycles. The molecule has 2 atom stereocenters. The van der Waals surface area contributed by atoms with Gasteiger partial charge in [0.15, 0.2) is 0 Å². The first-order chi connectivity index (χ1) is 12.0. The number of hydrogen-bond acceptors (Lipinski definition) is 4. The summed E-state index contributed by atoms with van der Waals surface area (Å²) in [4.78, 5) is 28.2. The van der Waals surface area contributed by atoms with Gasteiger partial charge in [-0.3, -0.25) is 14.6 Å². The molecule has 4 N–H and O–H groups in total. The molecule has 2 aromatic rings. The van der Waals surface area contributed by atoms with Crippen molar-refractivity contribution in [2.75, 3.05) is 5.32 Å². The smallest absolute Gasteiger partial charge is 0.247 e. The number of amides is 2. The predicted octanol–water partition coefficient (Wildman–Crippen LogP) is 1.16. The van der Waals surface area contributed by atoms with Crippen LogP contribution in [0.15, 0.2) is 42.7 Å². The molecule has 1 aliphatic heterocycles. The van der Waals surface area contributed by atoms with Crippen LogP contribution < -0.4 is 16.4 Å². The first kappa shape index (κ1) is 17.0. The van der Waals surface area contributed by atoms with E-state index >= 15 is 0 Å². The van der Waals surface area contributed by atoms with Gasteiger partial charge in [-0.05, 0) is 29.7 Å². The maximum Gasteiger partial charge on any atom is 0.247 e. The quantitative estimate of drug-likeness (QED) is 0.759. The number of anilines is 1. The zero-order chi connectivity index (χ0) is 17.8. The Balaban J connectivity index is 1.56. The molecular formula is C18H19FN4O2. The second-order valence-electron chi connectivity index (χ2n) is 6.11. The number of nitrogens with one attached hydrogen (secondary N) is 2. The third kappa shape index (κ3) is 4.19. The van der Waals surface area contributed by atoms with E-state index in [-0.39, 0.29) is 30.5 Å². The van der Waals surface area contributed by atoms with Crippen molar-refractivity contribution in [3.63, 3.8) is 0 Å². The highest BCUT2D eigenvalue weighted by Gasteiger charge is 2.27. The van der Waals surface area contributed by atoms with Gasteiger partial charge >= 0.3 is 0 Å². The van der Waals surface area contributed by atoms with Crippen molar-refractivity contribution in [3.8, 4) is 0 Å². The second kappa shape index (κ2) is 7.40. The van der Waals surface area contributed by atoms with Crippen molar-refractivity contribution in [3.05, 3.63) is 59.7 Å². The minimum absolute atomic E-state index is 0.0152. The molecule has 0 aliphatic carbocycles. The van der Waals surface area contributed by atoms with Gasteiger partial charge in [0.1, 0.15) is 11.9 Å². The van der Waals surface area contributed by atoms with Crippen LogP contribution in [0.5, 0.6) is 0 Å². The number of benzene rings is 1. The number of carbonyl (C=O) groups excluding carboxylic acids is 2. The second-order valence-corrected chi connectivity index (χ2v) is 6.11. The summed E-state index contributed by atoms with van der Waals surface area (Å²) in [5.41, 5.74) is 8.00. The summed E-state index contributed by atoms with van der Waals surface area (Å²) in [5.74, 6) is -0.951. The minimum atomic E-state index is -0.650. The Bertz CT molecular complexity index is 796. The van der Waals surface area contributed by atoms with E-state index in [0.717, 1.165) is 5.56 Å². The Labute approximate surface area is 144 Å². The molecule has 0 saturated heterocycles. The van der Waals surface area contributed by atoms with Crippen LogP contribution in [0.1, 0.15) is 17.5 Å². The molecule has 130 valence electrons. The monoisotopic (exact) mass is 342 g/mol. The average Bonchev–Trinajstić information content (AvgIpc) is 2.57. The molecular weight excluding hydrogens is 323 g/mol. The summed E-state index contributed by atoms with van der Waals surface area (Å²) in [6.45, 7) is 0. The number of pyridine rings is 1. The van der Waals surface area contributed by atoms with Crippen molar-refractivity contribution < 1.29 is 14.0 Å². The van der Waals surface area contributed by atoms with Crippen molar-refractivity contribution in [1.82, 2.24) is 10.3 Å². The molecule has 6 nitrogen and oxygen atoms in total. The van der Waals surface area contributed by atoms with Crippen molar-refractivity contribution in [1.29, 1.82) is 0 Å². The molecule has 2 heterocycles. The van der Waals surface area contributed by atoms with Crippen molar-refractivity contribution in [2.24, 2.45) is 5.73 Å². The van der Waals surface area contributed by atoms with E-state index in [2.05, 4.69) is 15.6 Å². The minimum Gasteiger partial charge on any atom is -0.344 e. The van der Waals surface area contributed by atoms with Gasteiger partial charge in [0, 0.05) is 25.1 Å². The first-order valence-electron chi connectivity index (χ1n) is 8.05. The van der Waals surface area contributed by atoms with Crippen LogP contribution in [0.4, 0.5) is 10.1 Å². The molecule has 2 amide bonds. The largest absolute Gasteiger partial charge is 0.344 e. The molecule has 1 aromatic carbocycles. The van der Waals surface area contributed by atoms with E-state index < -0.39 is 12.1 Å². The fourth-order valence-corrected chi connectivity index (χ4v) is 2.87. The van der Waals surface area contributed by atoms with Crippen LogP contribution in [0.25, 0.3) is 0 Å². The van der Waals surface area contributed by atoms with Crippen LogP contribution in [0.3, 0.4) is 0 Å². The number of rotatable bonds is 5. The van der Waals surface area contributed by atoms with Crippen LogP contribution in [-0.2, 0) is 22.4 Å². The van der Waals surface area contributed by atoms with Gasteiger partial charge in [-0.25, -0.2) is 4.39 Å². The molecule has 7 heteroatoms. The molecule has 0 bridgehead atoms. The summed E-state index contributed by atoms with van der Waals surface area (Å²) in [5, 5.41) is 5.41. The SMILES string of the molecule is NC(CC(=O)NC1Cc2ccncc2NC1=O)Cc1ccccc1F. The van der Waals surface area contributed by atoms with Crippen LogP contribution in [-0.4, -0.2) is 28.9 Å². The van der Waals surface area contributed by atoms with Gasteiger partial charge < -0.3 is 16.4 Å². The summed E-state index contributed by atoms with van der Waals surface area (Å²) in [6.07, 6.45) is 3.89. The van der Waals surface area contributed by atoms with Gasteiger partial charge in [-0.15, -0.1) is 0 Å². The number of carbonyl (C=O) groups is 2. The fraction of sp³-hybridized carbons (Fsp3) is 0.278. The summed E-state index contributed by atoms with van der Waals surface area (Å²) < 4.78 is 13.6. The fourth-order valence-electron chi connectivity index (χ4n) is 2.87. The predicted molar refractivity (Wildman–Crippen MR) is 91.2 cm³/mol. The third-order valence-electron chi connectivity index (χ3n) is 4.13. The maximum atomic E-state index is 13.6. The van der Waals surface area contributed by atoms with Crippen LogP contribution >= 0.6 is 0 Å². The molecule has 2 unspecified atom stereocenters. The Morgan fingerprint density at radius 3 is 3.00 bits per heavy atom. The number of nitrogens with zero attached hydrogens (tertiary/aromatic N) is 1. The summed E-state index contributed by atoms with van der Waals surface area (Å²) in [6, 6.07) is 6.96. The van der Waals surface area contributed by atoms with E-state index in [0.29, 0.717) is 17.7 Å². The van der Waals surface area contributed by atoms with Gasteiger partial charge in [0.25, 0.3) is 0 Å². The lowest BCUT2D eigenvalue weighted by Crippen LogP contribution is -2.48. The lowest BCUT2D eigenvalue weighted by Gasteiger charge is -2.25. The van der Waals surface area contributed by atoms with E-state index in [4.69, 9.17) is 5.73 Å². The van der Waals surface area contributed by atoms with Crippen LogP contribution in [0, 0.1) is 5.82 Å². The highest BCUT2D eigenvalue weighted by atomic mass is 19.1. The van der Waals surface area contributed by atoms with Gasteiger partial charge in [-0.1, -0.05) is 18.2 Å². The lowest BCUT2D eigenvalue weighted by molar-refractivity contribution is -0.126. The summed E-state index contributed by atoms with van der Waals surface area (Å²) >= 11 is 0. The highest BCUT2D eigenvalue weighted by Crippen LogP contribution is 2.20. The molecule has 1 aliphatic rings. The first-order valence-corrected chi connectivity index (χ1v) is 8.05. The zero-order valence-corrected chi connectivity index (χ0v) is 13.5. The lowest BCUT2D eigenvalue weighted by atomic mass is 9.99. The van der Waals surface area contributed by atoms with Gasteiger partial charge in [0.2, 0.25) is 11.8 Å². The molecule has 0 fully saturated rings. The van der Waals surface area contributed by atoms with Crippen molar-refractivity contribution >= 4 is 17.5 Å². The van der Waals surface area contributed by atoms with Gasteiger partial charge in [0.05, 0.1) is 11.9 Å². The number of fused-ring (bicyclic) bond motifs is 1. The molecule has 0 spiro atoms. The maximum absolute atomic E-state index is 13.6. The number of nitrogens with two attached hydrogens (primary N) is 1. The normalized spacial score (nSPS) is 17.4. The van der Waals surface area contributed by atoms with Crippen LogP contribution in [0.2, 0.25) is 0 Å². The molecule has 0 radical (unpaired) electrons.